The van der Waals surface area contributed by atoms with Gasteiger partial charge in [0.15, 0.2) is 18.7 Å². The molecule has 170 valence electrons. The summed E-state index contributed by atoms with van der Waals surface area (Å²) < 4.78 is 23.5. The molecule has 2 aromatic rings. The topological polar surface area (TPSA) is 148 Å². The van der Waals surface area contributed by atoms with Crippen molar-refractivity contribution in [3.8, 4) is 0 Å². The van der Waals surface area contributed by atoms with E-state index in [2.05, 4.69) is 10.1 Å². The molecule has 3 N–H and O–H groups in total. The number of nitrogen functional groups attached to an aromatic ring is 1. The van der Waals surface area contributed by atoms with Gasteiger partial charge in [-0.1, -0.05) is 0 Å². The Balaban J connectivity index is 1.79. The van der Waals surface area contributed by atoms with Crippen LogP contribution in [-0.4, -0.2) is 63.4 Å². The molecule has 3 rings (SSSR count). The van der Waals surface area contributed by atoms with Crippen LogP contribution in [0.15, 0.2) is 18.5 Å². The Morgan fingerprint density at radius 2 is 2.06 bits per heavy atom. The molecule has 4 atom stereocenters. The third-order valence-corrected chi connectivity index (χ3v) is 5.10. The summed E-state index contributed by atoms with van der Waals surface area (Å²) in [7, 11) is 0. The first-order valence-corrected chi connectivity index (χ1v) is 9.82. The highest BCUT2D eigenvalue weighted by Crippen LogP contribution is 2.41. The van der Waals surface area contributed by atoms with Gasteiger partial charge in [-0.05, 0) is 39.8 Å². The molecule has 31 heavy (non-hydrogen) atoms. The Morgan fingerprint density at radius 3 is 2.71 bits per heavy atom. The molecule has 3 heterocycles. The van der Waals surface area contributed by atoms with Crippen molar-refractivity contribution < 1.29 is 33.6 Å². The minimum atomic E-state index is -1.29. The maximum Gasteiger partial charge on any atom is 0.313 e. The fourth-order valence-electron chi connectivity index (χ4n) is 3.45. The molecule has 1 aliphatic rings. The molecule has 0 unspecified atom stereocenters. The van der Waals surface area contributed by atoms with E-state index in [4.69, 9.17) is 24.7 Å². The van der Waals surface area contributed by atoms with Crippen molar-refractivity contribution in [2.45, 2.75) is 58.5 Å². The highest BCUT2D eigenvalue weighted by molar-refractivity contribution is 5.75. The number of rotatable bonds is 6. The van der Waals surface area contributed by atoms with Gasteiger partial charge in [0.05, 0.1) is 17.7 Å². The molecule has 1 saturated heterocycles. The Labute approximate surface area is 179 Å². The van der Waals surface area contributed by atoms with Crippen LogP contribution in [0.1, 0.15) is 40.3 Å². The highest BCUT2D eigenvalue weighted by Gasteiger charge is 2.55. The smallest absolute Gasteiger partial charge is 0.313 e. The van der Waals surface area contributed by atoms with Crippen molar-refractivity contribution in [2.24, 2.45) is 5.41 Å². The van der Waals surface area contributed by atoms with Crippen molar-refractivity contribution in [1.29, 1.82) is 0 Å². The number of aliphatic hydroxyl groups excluding tert-OH is 1. The normalized spacial score (nSPS) is 26.2. The molecule has 11 heteroatoms. The van der Waals surface area contributed by atoms with E-state index in [1.165, 1.54) is 17.8 Å². The predicted octanol–water partition coefficient (Wildman–Crippen LogP) is 0.781. The van der Waals surface area contributed by atoms with E-state index in [0.29, 0.717) is 11.2 Å². The number of anilines is 1. The van der Waals surface area contributed by atoms with Gasteiger partial charge in [-0.15, -0.1) is 0 Å². The molecular weight excluding hydrogens is 408 g/mol. The van der Waals surface area contributed by atoms with Gasteiger partial charge >= 0.3 is 11.9 Å². The maximum atomic E-state index is 11.9. The molecule has 0 radical (unpaired) electrons. The Bertz CT molecular complexity index is 970. The number of carbonyl (C=O) groups is 2. The maximum absolute atomic E-state index is 11.9. The number of hydrogen-bond acceptors (Lipinski definition) is 10. The van der Waals surface area contributed by atoms with Gasteiger partial charge < -0.3 is 29.8 Å². The lowest BCUT2D eigenvalue weighted by atomic mass is 9.93. The lowest BCUT2D eigenvalue weighted by molar-refractivity contribution is -0.172. The number of hydrogen-bond donors (Lipinski definition) is 2. The lowest BCUT2D eigenvalue weighted by Crippen LogP contribution is -2.42. The van der Waals surface area contributed by atoms with Crippen molar-refractivity contribution in [2.75, 3.05) is 19.1 Å². The zero-order valence-electron chi connectivity index (χ0n) is 18.2. The fraction of sp³-hybridized carbons (Fsp3) is 0.600. The van der Waals surface area contributed by atoms with Gasteiger partial charge in [-0.2, -0.15) is 5.10 Å². The summed E-state index contributed by atoms with van der Waals surface area (Å²) in [6.45, 7) is 7.71. The van der Waals surface area contributed by atoms with Gasteiger partial charge in [0.1, 0.15) is 29.7 Å². The molecule has 0 aliphatic carbocycles. The number of nitrogens with two attached hydrogens (primary N) is 1. The Hall–Kier alpha value is -2.76. The van der Waals surface area contributed by atoms with E-state index >= 15 is 0 Å². The fourth-order valence-corrected chi connectivity index (χ4v) is 3.45. The van der Waals surface area contributed by atoms with Gasteiger partial charge in [0, 0.05) is 6.92 Å². The van der Waals surface area contributed by atoms with Gasteiger partial charge in [-0.25, -0.2) is 9.50 Å². The molecule has 1 aliphatic heterocycles. The number of nitrogens with zero attached hydrogens (tertiary/aromatic N) is 3. The van der Waals surface area contributed by atoms with Crippen LogP contribution >= 0.6 is 0 Å². The number of esters is 2. The Kier molecular flexibility index (Phi) is 6.21. The zero-order chi connectivity index (χ0) is 23.0. The van der Waals surface area contributed by atoms with Crippen LogP contribution in [0.5, 0.6) is 0 Å². The second kappa shape index (κ2) is 8.40. The lowest BCUT2D eigenvalue weighted by Gasteiger charge is -2.27. The van der Waals surface area contributed by atoms with Crippen LogP contribution in [0.4, 0.5) is 5.82 Å². The molecule has 11 nitrogen and oxygen atoms in total. The van der Waals surface area contributed by atoms with Gasteiger partial charge in [0.25, 0.3) is 0 Å². The third-order valence-electron chi connectivity index (χ3n) is 5.10. The van der Waals surface area contributed by atoms with E-state index in [-0.39, 0.29) is 19.2 Å². The average molecular weight is 436 g/mol. The van der Waals surface area contributed by atoms with Gasteiger partial charge in [0.2, 0.25) is 0 Å². The van der Waals surface area contributed by atoms with Crippen LogP contribution in [0.2, 0.25) is 0 Å². The van der Waals surface area contributed by atoms with Crippen LogP contribution in [0.25, 0.3) is 5.52 Å². The molecule has 1 fully saturated rings. The largest absolute Gasteiger partial charge is 0.457 e. The second-order valence-electron chi connectivity index (χ2n) is 8.61. The minimum Gasteiger partial charge on any atom is -0.457 e. The highest BCUT2D eigenvalue weighted by atomic mass is 16.7. The summed E-state index contributed by atoms with van der Waals surface area (Å²) in [4.78, 5) is 27.5. The number of ether oxygens (including phenoxy) is 4. The first-order valence-electron chi connectivity index (χ1n) is 9.82. The van der Waals surface area contributed by atoms with Crippen molar-refractivity contribution >= 4 is 23.3 Å². The van der Waals surface area contributed by atoms with Crippen molar-refractivity contribution in [3.63, 3.8) is 0 Å². The summed E-state index contributed by atoms with van der Waals surface area (Å²) in [5, 5.41) is 15.2. The molecule has 0 bridgehead atoms. The SMILES string of the molecule is CC(=O)O[C@H]1[C@@H](O)[C@](C)(c2ccc3c(N)ncnn23)O[C@@H]1COCOC(=O)C(C)(C)C. The third kappa shape index (κ3) is 4.48. The first-order chi connectivity index (χ1) is 14.4. The van der Waals surface area contributed by atoms with Crippen LogP contribution in [0.3, 0.4) is 0 Å². The monoisotopic (exact) mass is 436 g/mol. The van der Waals surface area contributed by atoms with Crippen molar-refractivity contribution in [1.82, 2.24) is 14.6 Å². The van der Waals surface area contributed by atoms with E-state index in [0.717, 1.165) is 0 Å². The quantitative estimate of drug-likeness (QED) is 0.378. The number of aromatic nitrogens is 3. The predicted molar refractivity (Wildman–Crippen MR) is 108 cm³/mol. The molecule has 0 aromatic carbocycles. The van der Waals surface area contributed by atoms with E-state index in [1.807, 2.05) is 0 Å². The summed E-state index contributed by atoms with van der Waals surface area (Å²) in [6.07, 6.45) is -1.76. The van der Waals surface area contributed by atoms with Crippen LogP contribution < -0.4 is 5.73 Å². The summed E-state index contributed by atoms with van der Waals surface area (Å²) in [6, 6.07) is 3.42. The zero-order valence-corrected chi connectivity index (χ0v) is 18.2. The summed E-state index contributed by atoms with van der Waals surface area (Å²) in [5.74, 6) is -0.722. The number of fused-ring (bicyclic) bond motifs is 1. The molecule has 0 saturated carbocycles. The van der Waals surface area contributed by atoms with E-state index in [9.17, 15) is 14.7 Å². The van der Waals surface area contributed by atoms with Crippen LogP contribution in [0, 0.1) is 5.41 Å². The second-order valence-corrected chi connectivity index (χ2v) is 8.61. The van der Waals surface area contributed by atoms with E-state index in [1.54, 1.807) is 39.8 Å². The summed E-state index contributed by atoms with van der Waals surface area (Å²) in [5.41, 5.74) is 4.99. The molecule has 0 amide bonds. The standard InChI is InChI=1S/C20H28N4O7/c1-11(25)30-15-13(8-28-10-29-18(27)19(2,3)4)31-20(5,16(15)26)14-7-6-12-17(21)22-9-23-24(12)14/h6-7,9,13,15-16,26H,8,10H2,1-5H3,(H2,21,22,23)/t13-,15-,16-,20+/m1/s1. The Morgan fingerprint density at radius 1 is 1.35 bits per heavy atom. The average Bonchev–Trinajstić information content (AvgIpc) is 3.21. The number of aliphatic hydroxyl groups is 1. The van der Waals surface area contributed by atoms with Crippen molar-refractivity contribution in [3.05, 3.63) is 24.2 Å². The minimum absolute atomic E-state index is 0.0809. The molecule has 0 spiro atoms. The summed E-state index contributed by atoms with van der Waals surface area (Å²) >= 11 is 0. The van der Waals surface area contributed by atoms with Crippen LogP contribution in [-0.2, 0) is 34.1 Å². The van der Waals surface area contributed by atoms with Gasteiger partial charge in [-0.3, -0.25) is 9.59 Å². The first kappa shape index (κ1) is 22.9. The molecule has 2 aromatic heterocycles. The molecular formula is C20H28N4O7. The van der Waals surface area contributed by atoms with E-state index < -0.39 is 41.3 Å². The number of carbonyl (C=O) groups excluding carboxylic acids is 2.